The lowest BCUT2D eigenvalue weighted by molar-refractivity contribution is 0.0714. The second-order valence-electron chi connectivity index (χ2n) is 4.70. The van der Waals surface area contributed by atoms with Crippen molar-refractivity contribution in [3.63, 3.8) is 0 Å². The van der Waals surface area contributed by atoms with Crippen LogP contribution in [0.1, 0.15) is 31.3 Å². The van der Waals surface area contributed by atoms with Crippen LogP contribution in [0.5, 0.6) is 0 Å². The molecular weight excluding hydrogens is 178 g/mol. The minimum Gasteiger partial charge on any atom is -0.459 e. The molecule has 78 valence electrons. The monoisotopic (exact) mass is 195 g/mol. The molecule has 3 nitrogen and oxygen atoms in total. The van der Waals surface area contributed by atoms with Gasteiger partial charge in [0.2, 0.25) is 0 Å². The maximum absolute atomic E-state index is 11.7. The molecule has 0 atom stereocenters. The van der Waals surface area contributed by atoms with E-state index in [9.17, 15) is 4.79 Å². The molecule has 1 aromatic rings. The SMILES string of the molecule is CN(CC(C)(C)C)C(=O)c1ccco1. The van der Waals surface area contributed by atoms with Crippen LogP contribution in [0, 0.1) is 5.41 Å². The molecule has 0 aliphatic carbocycles. The van der Waals surface area contributed by atoms with E-state index in [2.05, 4.69) is 20.8 Å². The van der Waals surface area contributed by atoms with E-state index < -0.39 is 0 Å². The van der Waals surface area contributed by atoms with Gasteiger partial charge in [-0.1, -0.05) is 20.8 Å². The van der Waals surface area contributed by atoms with Crippen molar-refractivity contribution in [1.29, 1.82) is 0 Å². The van der Waals surface area contributed by atoms with E-state index in [1.54, 1.807) is 24.1 Å². The van der Waals surface area contributed by atoms with E-state index in [0.717, 1.165) is 0 Å². The number of carbonyl (C=O) groups is 1. The Labute approximate surface area is 84.7 Å². The quantitative estimate of drug-likeness (QED) is 0.726. The second kappa shape index (κ2) is 3.86. The van der Waals surface area contributed by atoms with Gasteiger partial charge >= 0.3 is 0 Å². The summed E-state index contributed by atoms with van der Waals surface area (Å²) in [5, 5.41) is 0. The molecule has 3 heteroatoms. The van der Waals surface area contributed by atoms with Crippen LogP contribution in [-0.4, -0.2) is 24.4 Å². The summed E-state index contributed by atoms with van der Waals surface area (Å²) in [6.45, 7) is 7.00. The number of hydrogen-bond acceptors (Lipinski definition) is 2. The summed E-state index contributed by atoms with van der Waals surface area (Å²) >= 11 is 0. The maximum atomic E-state index is 11.7. The van der Waals surface area contributed by atoms with Gasteiger partial charge < -0.3 is 9.32 Å². The number of furan rings is 1. The Morgan fingerprint density at radius 2 is 2.14 bits per heavy atom. The van der Waals surface area contributed by atoms with Crippen molar-refractivity contribution >= 4 is 5.91 Å². The maximum Gasteiger partial charge on any atom is 0.289 e. The van der Waals surface area contributed by atoms with Gasteiger partial charge in [0.1, 0.15) is 0 Å². The molecule has 1 rings (SSSR count). The average molecular weight is 195 g/mol. The molecule has 0 unspecified atom stereocenters. The number of nitrogens with zero attached hydrogens (tertiary/aromatic N) is 1. The number of carbonyl (C=O) groups excluding carboxylic acids is 1. The predicted molar refractivity (Wildman–Crippen MR) is 55.1 cm³/mol. The van der Waals surface area contributed by atoms with Gasteiger partial charge in [0, 0.05) is 13.6 Å². The lowest BCUT2D eigenvalue weighted by Gasteiger charge is -2.25. The molecule has 14 heavy (non-hydrogen) atoms. The minimum absolute atomic E-state index is 0.0649. The van der Waals surface area contributed by atoms with Crippen molar-refractivity contribution in [2.75, 3.05) is 13.6 Å². The van der Waals surface area contributed by atoms with Crippen LogP contribution in [0.25, 0.3) is 0 Å². The molecule has 1 aromatic heterocycles. The van der Waals surface area contributed by atoms with Crippen LogP contribution in [0.2, 0.25) is 0 Å². The third-order valence-electron chi connectivity index (χ3n) is 1.79. The highest BCUT2D eigenvalue weighted by Crippen LogP contribution is 2.15. The topological polar surface area (TPSA) is 33.5 Å². The molecule has 1 heterocycles. The van der Waals surface area contributed by atoms with Gasteiger partial charge in [-0.25, -0.2) is 0 Å². The Balaban J connectivity index is 2.63. The Morgan fingerprint density at radius 3 is 2.57 bits per heavy atom. The number of hydrogen-bond donors (Lipinski definition) is 0. The summed E-state index contributed by atoms with van der Waals surface area (Å²) in [5.41, 5.74) is 0.108. The average Bonchev–Trinajstić information content (AvgIpc) is 2.51. The summed E-state index contributed by atoms with van der Waals surface area (Å²) in [4.78, 5) is 13.4. The van der Waals surface area contributed by atoms with Crippen LogP contribution < -0.4 is 0 Å². The normalized spacial score (nSPS) is 11.4. The summed E-state index contributed by atoms with van der Waals surface area (Å²) in [5.74, 6) is 0.335. The highest BCUT2D eigenvalue weighted by molar-refractivity contribution is 5.91. The van der Waals surface area contributed by atoms with Crippen molar-refractivity contribution in [3.8, 4) is 0 Å². The zero-order chi connectivity index (χ0) is 10.8. The van der Waals surface area contributed by atoms with Crippen molar-refractivity contribution in [3.05, 3.63) is 24.2 Å². The number of rotatable bonds is 2. The second-order valence-corrected chi connectivity index (χ2v) is 4.70. The first kappa shape index (κ1) is 10.8. The molecule has 0 spiro atoms. The van der Waals surface area contributed by atoms with E-state index in [-0.39, 0.29) is 11.3 Å². The molecule has 0 N–H and O–H groups in total. The molecule has 0 radical (unpaired) electrons. The van der Waals surface area contributed by atoms with Gasteiger partial charge in [-0.3, -0.25) is 4.79 Å². The van der Waals surface area contributed by atoms with Crippen molar-refractivity contribution in [2.24, 2.45) is 5.41 Å². The highest BCUT2D eigenvalue weighted by Gasteiger charge is 2.20. The first-order chi connectivity index (χ1) is 6.40. The zero-order valence-corrected chi connectivity index (χ0v) is 9.20. The largest absolute Gasteiger partial charge is 0.459 e. The third-order valence-corrected chi connectivity index (χ3v) is 1.79. The fourth-order valence-electron chi connectivity index (χ4n) is 1.37. The van der Waals surface area contributed by atoms with Crippen LogP contribution in [-0.2, 0) is 0 Å². The first-order valence-corrected chi connectivity index (χ1v) is 4.69. The third kappa shape index (κ3) is 2.91. The molecule has 0 aliphatic heterocycles. The van der Waals surface area contributed by atoms with Crippen molar-refractivity contribution < 1.29 is 9.21 Å². The molecule has 0 saturated carbocycles. The van der Waals surface area contributed by atoms with Gasteiger partial charge in [0.25, 0.3) is 5.91 Å². The Hall–Kier alpha value is -1.25. The molecule has 0 saturated heterocycles. The molecule has 1 amide bonds. The van der Waals surface area contributed by atoms with Gasteiger partial charge in [0.15, 0.2) is 5.76 Å². The lowest BCUT2D eigenvalue weighted by atomic mass is 9.96. The minimum atomic E-state index is -0.0649. The van der Waals surface area contributed by atoms with E-state index in [1.165, 1.54) is 6.26 Å². The van der Waals surface area contributed by atoms with E-state index in [0.29, 0.717) is 12.3 Å². The molecule has 0 aliphatic rings. The standard InChI is InChI=1S/C11H17NO2/c1-11(2,3)8-12(4)10(13)9-6-5-7-14-9/h5-7H,8H2,1-4H3. The van der Waals surface area contributed by atoms with Crippen LogP contribution in [0.3, 0.4) is 0 Å². The van der Waals surface area contributed by atoms with Gasteiger partial charge in [-0.15, -0.1) is 0 Å². The fraction of sp³-hybridized carbons (Fsp3) is 0.545. The molecule has 0 aromatic carbocycles. The van der Waals surface area contributed by atoms with E-state index in [1.807, 2.05) is 0 Å². The fourth-order valence-corrected chi connectivity index (χ4v) is 1.37. The van der Waals surface area contributed by atoms with Crippen LogP contribution >= 0.6 is 0 Å². The highest BCUT2D eigenvalue weighted by atomic mass is 16.3. The van der Waals surface area contributed by atoms with Gasteiger partial charge in [-0.05, 0) is 17.5 Å². The van der Waals surface area contributed by atoms with Gasteiger partial charge in [0.05, 0.1) is 6.26 Å². The first-order valence-electron chi connectivity index (χ1n) is 4.69. The van der Waals surface area contributed by atoms with Gasteiger partial charge in [-0.2, -0.15) is 0 Å². The van der Waals surface area contributed by atoms with Crippen LogP contribution in [0.15, 0.2) is 22.8 Å². The summed E-state index contributed by atoms with van der Waals surface area (Å²) in [6, 6.07) is 3.40. The zero-order valence-electron chi connectivity index (χ0n) is 9.20. The van der Waals surface area contributed by atoms with Crippen LogP contribution in [0.4, 0.5) is 0 Å². The number of amides is 1. The predicted octanol–water partition coefficient (Wildman–Crippen LogP) is 2.40. The molecule has 0 bridgehead atoms. The van der Waals surface area contributed by atoms with Crippen molar-refractivity contribution in [1.82, 2.24) is 4.90 Å². The van der Waals surface area contributed by atoms with E-state index in [4.69, 9.17) is 4.42 Å². The Morgan fingerprint density at radius 1 is 1.50 bits per heavy atom. The summed E-state index contributed by atoms with van der Waals surface area (Å²) in [7, 11) is 1.79. The lowest BCUT2D eigenvalue weighted by Crippen LogP contribution is -2.34. The summed E-state index contributed by atoms with van der Waals surface area (Å²) in [6.07, 6.45) is 1.51. The molecular formula is C11H17NO2. The van der Waals surface area contributed by atoms with E-state index >= 15 is 0 Å². The smallest absolute Gasteiger partial charge is 0.289 e. The Kier molecular flexibility index (Phi) is 2.99. The van der Waals surface area contributed by atoms with Crippen molar-refractivity contribution in [2.45, 2.75) is 20.8 Å². The molecule has 0 fully saturated rings. The Bertz CT molecular complexity index is 296. The summed E-state index contributed by atoms with van der Waals surface area (Å²) < 4.78 is 5.04.